The van der Waals surface area contributed by atoms with Gasteiger partial charge in [0.15, 0.2) is 9.84 Å². The van der Waals surface area contributed by atoms with Gasteiger partial charge in [0.05, 0.1) is 16.3 Å². The zero-order valence-electron chi connectivity index (χ0n) is 18.0. The molecule has 0 saturated carbocycles. The minimum absolute atomic E-state index is 0.106. The van der Waals surface area contributed by atoms with E-state index in [0.29, 0.717) is 29.5 Å². The molecular weight excluding hydrogens is 480 g/mol. The van der Waals surface area contributed by atoms with Crippen molar-refractivity contribution in [3.63, 3.8) is 0 Å². The Bertz CT molecular complexity index is 1130. The van der Waals surface area contributed by atoms with Crippen molar-refractivity contribution in [1.29, 1.82) is 0 Å². The van der Waals surface area contributed by atoms with Crippen molar-refractivity contribution < 1.29 is 18.0 Å². The van der Waals surface area contributed by atoms with Crippen LogP contribution >= 0.6 is 15.9 Å². The Morgan fingerprint density at radius 1 is 1.19 bits per heavy atom. The first-order valence-corrected chi connectivity index (χ1v) is 12.9. The van der Waals surface area contributed by atoms with Crippen LogP contribution in [0.25, 0.3) is 0 Å². The molecule has 1 aliphatic rings. The maximum absolute atomic E-state index is 13.2. The third-order valence-corrected chi connectivity index (χ3v) is 7.71. The number of para-hydroxylation sites is 1. The molecule has 0 radical (unpaired) electrons. The highest BCUT2D eigenvalue weighted by Gasteiger charge is 2.32. The summed E-state index contributed by atoms with van der Waals surface area (Å²) >= 11 is 3.38. The highest BCUT2D eigenvalue weighted by atomic mass is 79.9. The Balaban J connectivity index is 1.83. The molecule has 2 aromatic rings. The van der Waals surface area contributed by atoms with E-state index in [1.165, 1.54) is 6.07 Å². The number of hydrogen-bond acceptors (Lipinski definition) is 4. The summed E-state index contributed by atoms with van der Waals surface area (Å²) in [5.74, 6) is -0.786. The van der Waals surface area contributed by atoms with Crippen LogP contribution < -0.4 is 10.2 Å². The summed E-state index contributed by atoms with van der Waals surface area (Å²) in [6.07, 6.45) is 1.51. The van der Waals surface area contributed by atoms with E-state index in [1.807, 2.05) is 38.1 Å². The predicted molar refractivity (Wildman–Crippen MR) is 126 cm³/mol. The Hall–Kier alpha value is -2.19. The molecule has 0 unspecified atom stereocenters. The van der Waals surface area contributed by atoms with E-state index in [-0.39, 0.29) is 28.9 Å². The Morgan fingerprint density at radius 2 is 1.94 bits per heavy atom. The molecule has 1 aliphatic heterocycles. The molecule has 0 fully saturated rings. The Labute approximate surface area is 192 Å². The molecule has 1 heterocycles. The zero-order valence-corrected chi connectivity index (χ0v) is 20.4. The molecular formula is C23H27BrN2O4S. The van der Waals surface area contributed by atoms with Gasteiger partial charge in [-0.3, -0.25) is 9.59 Å². The second kappa shape index (κ2) is 9.53. The average Bonchev–Trinajstić information content (AvgIpc) is 3.16. The number of rotatable bonds is 7. The molecule has 2 amide bonds. The normalized spacial score (nSPS) is 13.2. The molecule has 2 aromatic carbocycles. The van der Waals surface area contributed by atoms with Gasteiger partial charge in [0.1, 0.15) is 0 Å². The molecule has 0 saturated heterocycles. The quantitative estimate of drug-likeness (QED) is 0.602. The molecule has 1 N–H and O–H groups in total. The third-order valence-electron chi connectivity index (χ3n) is 5.53. The van der Waals surface area contributed by atoms with Crippen molar-refractivity contribution in [1.82, 2.24) is 0 Å². The van der Waals surface area contributed by atoms with E-state index in [0.717, 1.165) is 28.8 Å². The number of anilines is 2. The van der Waals surface area contributed by atoms with Crippen molar-refractivity contribution in [3.05, 3.63) is 51.5 Å². The lowest BCUT2D eigenvalue weighted by atomic mass is 10.1. The predicted octanol–water partition coefficient (Wildman–Crippen LogP) is 4.42. The molecule has 0 spiro atoms. The van der Waals surface area contributed by atoms with Crippen LogP contribution in [0.1, 0.15) is 43.4 Å². The van der Waals surface area contributed by atoms with Gasteiger partial charge in [-0.2, -0.15) is 0 Å². The number of fused-ring (bicyclic) bond motifs is 1. The van der Waals surface area contributed by atoms with Gasteiger partial charge in [0.2, 0.25) is 11.8 Å². The number of halogens is 1. The van der Waals surface area contributed by atoms with Gasteiger partial charge in [-0.1, -0.05) is 48.0 Å². The van der Waals surface area contributed by atoms with Crippen molar-refractivity contribution in [2.75, 3.05) is 22.5 Å². The van der Waals surface area contributed by atoms with Crippen LogP contribution in [0.5, 0.6) is 0 Å². The molecule has 6 nitrogen and oxygen atoms in total. The lowest BCUT2D eigenvalue weighted by molar-refractivity contribution is -0.118. The molecule has 0 aliphatic carbocycles. The zero-order chi connectivity index (χ0) is 22.8. The average molecular weight is 507 g/mol. The number of nitrogens with one attached hydrogen (secondary N) is 1. The molecule has 0 bridgehead atoms. The van der Waals surface area contributed by atoms with Crippen molar-refractivity contribution in [2.45, 2.75) is 51.3 Å². The fraction of sp³-hybridized carbons (Fsp3) is 0.391. The van der Waals surface area contributed by atoms with E-state index >= 15 is 0 Å². The number of carbonyl (C=O) groups excluding carboxylic acids is 2. The minimum Gasteiger partial charge on any atom is -0.326 e. The van der Waals surface area contributed by atoms with Gasteiger partial charge in [0.25, 0.3) is 0 Å². The third kappa shape index (κ3) is 5.01. The van der Waals surface area contributed by atoms with Crippen LogP contribution in [0.3, 0.4) is 0 Å². The van der Waals surface area contributed by atoms with Gasteiger partial charge >= 0.3 is 0 Å². The van der Waals surface area contributed by atoms with Gasteiger partial charge in [-0.15, -0.1) is 0 Å². The second-order valence-electron chi connectivity index (χ2n) is 7.64. The van der Waals surface area contributed by atoms with Crippen LogP contribution in [-0.4, -0.2) is 32.5 Å². The first-order valence-electron chi connectivity index (χ1n) is 10.4. The monoisotopic (exact) mass is 506 g/mol. The van der Waals surface area contributed by atoms with Gasteiger partial charge in [0, 0.05) is 29.5 Å². The maximum Gasteiger partial charge on any atom is 0.226 e. The standard InChI is InChI=1S/C23H27BrN2O4S/c1-4-16-8-6-7-15(3)22(16)25-20(27)10-12-31(29,30)19-14-18(24)13-17-9-11-26(23(17)19)21(28)5-2/h6-8,13-14H,4-5,9-12H2,1-3H3,(H,25,27). The SMILES string of the molecule is CCC(=O)N1CCc2cc(Br)cc(S(=O)(=O)CCC(=O)Nc3c(C)cccc3CC)c21. The summed E-state index contributed by atoms with van der Waals surface area (Å²) in [5.41, 5.74) is 3.98. The number of aryl methyl sites for hydroxylation is 2. The molecule has 166 valence electrons. The summed E-state index contributed by atoms with van der Waals surface area (Å²) in [4.78, 5) is 26.6. The first-order chi connectivity index (χ1) is 14.7. The van der Waals surface area contributed by atoms with Crippen molar-refractivity contribution >= 4 is 49.0 Å². The number of sulfone groups is 1. The number of benzene rings is 2. The van der Waals surface area contributed by atoms with E-state index in [1.54, 1.807) is 11.8 Å². The fourth-order valence-electron chi connectivity index (χ4n) is 3.89. The maximum atomic E-state index is 13.2. The van der Waals surface area contributed by atoms with Gasteiger partial charge < -0.3 is 10.2 Å². The molecule has 0 atom stereocenters. The van der Waals surface area contributed by atoms with Crippen LogP contribution in [0.4, 0.5) is 11.4 Å². The smallest absolute Gasteiger partial charge is 0.226 e. The lowest BCUT2D eigenvalue weighted by Crippen LogP contribution is -2.29. The molecule has 3 rings (SSSR count). The van der Waals surface area contributed by atoms with E-state index in [4.69, 9.17) is 0 Å². The lowest BCUT2D eigenvalue weighted by Gasteiger charge is -2.20. The largest absolute Gasteiger partial charge is 0.326 e. The summed E-state index contributed by atoms with van der Waals surface area (Å²) in [5, 5.41) is 2.88. The summed E-state index contributed by atoms with van der Waals surface area (Å²) < 4.78 is 27.1. The van der Waals surface area contributed by atoms with Gasteiger partial charge in [-0.25, -0.2) is 8.42 Å². The number of hydrogen-bond donors (Lipinski definition) is 1. The molecule has 31 heavy (non-hydrogen) atoms. The molecule has 0 aromatic heterocycles. The highest BCUT2D eigenvalue weighted by Crippen LogP contribution is 2.38. The van der Waals surface area contributed by atoms with Crippen molar-refractivity contribution in [2.24, 2.45) is 0 Å². The highest BCUT2D eigenvalue weighted by molar-refractivity contribution is 9.10. The molecule has 8 heteroatoms. The summed E-state index contributed by atoms with van der Waals surface area (Å²) in [6.45, 7) is 6.14. The first kappa shape index (κ1) is 23.5. The number of carbonyl (C=O) groups is 2. The van der Waals surface area contributed by atoms with E-state index < -0.39 is 9.84 Å². The van der Waals surface area contributed by atoms with Crippen LogP contribution in [0.2, 0.25) is 0 Å². The Morgan fingerprint density at radius 3 is 2.61 bits per heavy atom. The summed E-state index contributed by atoms with van der Waals surface area (Å²) in [6, 6.07) is 9.18. The van der Waals surface area contributed by atoms with Crippen LogP contribution in [0, 0.1) is 6.92 Å². The van der Waals surface area contributed by atoms with E-state index in [2.05, 4.69) is 21.2 Å². The topological polar surface area (TPSA) is 83.6 Å². The number of nitrogens with zero attached hydrogens (tertiary/aromatic N) is 1. The minimum atomic E-state index is -3.78. The number of amides is 2. The fourth-order valence-corrected chi connectivity index (χ4v) is 6.06. The van der Waals surface area contributed by atoms with Crippen LogP contribution in [0.15, 0.2) is 39.7 Å². The van der Waals surface area contributed by atoms with E-state index in [9.17, 15) is 18.0 Å². The summed E-state index contributed by atoms with van der Waals surface area (Å²) in [7, 11) is -3.78. The van der Waals surface area contributed by atoms with Crippen molar-refractivity contribution in [3.8, 4) is 0 Å². The van der Waals surface area contributed by atoms with Crippen LogP contribution in [-0.2, 0) is 32.3 Å². The Kier molecular flexibility index (Phi) is 7.21. The second-order valence-corrected chi connectivity index (χ2v) is 10.6. The van der Waals surface area contributed by atoms with Gasteiger partial charge in [-0.05, 0) is 48.6 Å².